The third-order valence-corrected chi connectivity index (χ3v) is 5.92. The van der Waals surface area contributed by atoms with Gasteiger partial charge in [0.2, 0.25) is 5.91 Å². The first-order chi connectivity index (χ1) is 13.7. The van der Waals surface area contributed by atoms with E-state index in [1.807, 2.05) is 29.6 Å². The third kappa shape index (κ3) is 3.94. The number of benzene rings is 1. The first-order valence-corrected chi connectivity index (χ1v) is 10.3. The number of nitrogens with one attached hydrogen (secondary N) is 1. The van der Waals surface area contributed by atoms with Gasteiger partial charge in [0.05, 0.1) is 25.4 Å². The molecule has 3 aromatic rings. The number of hydrogen-bond acceptors (Lipinski definition) is 6. The van der Waals surface area contributed by atoms with E-state index < -0.39 is 0 Å². The Morgan fingerprint density at radius 1 is 1.14 bits per heavy atom. The number of pyridine rings is 1. The van der Waals surface area contributed by atoms with Gasteiger partial charge in [-0.2, -0.15) is 0 Å². The fourth-order valence-corrected chi connectivity index (χ4v) is 4.42. The van der Waals surface area contributed by atoms with Gasteiger partial charge in [0.25, 0.3) is 0 Å². The van der Waals surface area contributed by atoms with Gasteiger partial charge >= 0.3 is 0 Å². The van der Waals surface area contributed by atoms with Gasteiger partial charge in [-0.15, -0.1) is 11.3 Å². The van der Waals surface area contributed by atoms with Crippen molar-refractivity contribution in [1.29, 1.82) is 0 Å². The van der Waals surface area contributed by atoms with Crippen LogP contribution in [0.15, 0.2) is 29.6 Å². The Balaban J connectivity index is 1.57. The highest BCUT2D eigenvalue weighted by atomic mass is 32.1. The summed E-state index contributed by atoms with van der Waals surface area (Å²) in [5.74, 6) is 2.02. The monoisotopic (exact) mass is 397 g/mol. The van der Waals surface area contributed by atoms with Gasteiger partial charge < -0.3 is 14.8 Å². The minimum Gasteiger partial charge on any atom is -0.497 e. The molecule has 7 heteroatoms. The Bertz CT molecular complexity index is 996. The maximum atomic E-state index is 12.3. The summed E-state index contributed by atoms with van der Waals surface area (Å²) in [6, 6.07) is 7.55. The van der Waals surface area contributed by atoms with Crippen LogP contribution in [0.2, 0.25) is 0 Å². The first kappa shape index (κ1) is 18.7. The molecule has 0 bridgehead atoms. The van der Waals surface area contributed by atoms with Crippen molar-refractivity contribution >= 4 is 33.3 Å². The fourth-order valence-electron chi connectivity index (χ4n) is 3.70. The molecule has 0 spiro atoms. The summed E-state index contributed by atoms with van der Waals surface area (Å²) in [6.07, 6.45) is 5.36. The summed E-state index contributed by atoms with van der Waals surface area (Å²) in [6.45, 7) is 0. The lowest BCUT2D eigenvalue weighted by atomic mass is 10.0. The van der Waals surface area contributed by atoms with Crippen LogP contribution in [0.1, 0.15) is 32.1 Å². The number of rotatable bonds is 6. The first-order valence-electron chi connectivity index (χ1n) is 9.45. The summed E-state index contributed by atoms with van der Waals surface area (Å²) in [7, 11) is 3.27. The van der Waals surface area contributed by atoms with Crippen LogP contribution in [-0.4, -0.2) is 30.1 Å². The smallest absolute Gasteiger partial charge is 0.226 e. The SMILES string of the molecule is COc1ccc2c(OC)cc(-c3csc(NC(=O)CC4CCCC4)n3)nc2c1. The molecule has 1 N–H and O–H groups in total. The molecule has 1 aliphatic rings. The van der Waals surface area contributed by atoms with Crippen molar-refractivity contribution in [3.05, 3.63) is 29.6 Å². The Morgan fingerprint density at radius 3 is 2.71 bits per heavy atom. The van der Waals surface area contributed by atoms with E-state index in [0.29, 0.717) is 28.9 Å². The maximum Gasteiger partial charge on any atom is 0.226 e. The summed E-state index contributed by atoms with van der Waals surface area (Å²) in [5, 5.41) is 6.35. The zero-order chi connectivity index (χ0) is 19.5. The number of fused-ring (bicyclic) bond motifs is 1. The molecular weight excluding hydrogens is 374 g/mol. The summed E-state index contributed by atoms with van der Waals surface area (Å²) in [5.41, 5.74) is 2.18. The van der Waals surface area contributed by atoms with Crippen LogP contribution >= 0.6 is 11.3 Å². The Hall–Kier alpha value is -2.67. The predicted octanol–water partition coefficient (Wildman–Crippen LogP) is 4.89. The number of aromatic nitrogens is 2. The zero-order valence-electron chi connectivity index (χ0n) is 16.0. The lowest BCUT2D eigenvalue weighted by Crippen LogP contribution is -2.14. The van der Waals surface area contributed by atoms with E-state index in [1.165, 1.54) is 24.2 Å². The van der Waals surface area contributed by atoms with Gasteiger partial charge in [0.15, 0.2) is 5.13 Å². The third-order valence-electron chi connectivity index (χ3n) is 5.16. The van der Waals surface area contributed by atoms with Crippen molar-refractivity contribution in [2.75, 3.05) is 19.5 Å². The molecule has 1 amide bonds. The molecule has 146 valence electrons. The molecule has 1 fully saturated rings. The van der Waals surface area contributed by atoms with Gasteiger partial charge in [-0.1, -0.05) is 12.8 Å². The van der Waals surface area contributed by atoms with E-state index in [9.17, 15) is 4.79 Å². The molecule has 0 atom stereocenters. The Kier molecular flexibility index (Phi) is 5.43. The molecule has 1 aliphatic carbocycles. The van der Waals surface area contributed by atoms with Crippen LogP contribution in [0, 0.1) is 5.92 Å². The highest BCUT2D eigenvalue weighted by molar-refractivity contribution is 7.14. The molecule has 4 rings (SSSR count). The second-order valence-corrected chi connectivity index (χ2v) is 7.89. The highest BCUT2D eigenvalue weighted by Gasteiger charge is 2.19. The standard InChI is InChI=1S/C21H23N3O3S/c1-26-14-7-8-15-16(10-14)22-17(11-19(15)27-2)18-12-28-21(23-18)24-20(25)9-13-5-3-4-6-13/h7-8,10-13H,3-6,9H2,1-2H3,(H,23,24,25). The fraction of sp³-hybridized carbons (Fsp3) is 0.381. The summed E-state index contributed by atoms with van der Waals surface area (Å²) in [4.78, 5) is 21.5. The number of carbonyl (C=O) groups is 1. The number of methoxy groups -OCH3 is 2. The topological polar surface area (TPSA) is 73.3 Å². The minimum atomic E-state index is 0.0431. The van der Waals surface area contributed by atoms with Crippen molar-refractivity contribution < 1.29 is 14.3 Å². The molecule has 28 heavy (non-hydrogen) atoms. The molecule has 6 nitrogen and oxygen atoms in total. The zero-order valence-corrected chi connectivity index (χ0v) is 16.8. The average Bonchev–Trinajstić information content (AvgIpc) is 3.38. The lowest BCUT2D eigenvalue weighted by molar-refractivity contribution is -0.117. The number of amides is 1. The Morgan fingerprint density at radius 2 is 1.96 bits per heavy atom. The molecule has 0 unspecified atom stereocenters. The molecule has 0 saturated heterocycles. The second-order valence-electron chi connectivity index (χ2n) is 7.03. The van der Waals surface area contributed by atoms with Gasteiger partial charge in [0, 0.05) is 29.3 Å². The van der Waals surface area contributed by atoms with Crippen LogP contribution in [0.5, 0.6) is 11.5 Å². The second kappa shape index (κ2) is 8.14. The number of ether oxygens (including phenoxy) is 2. The minimum absolute atomic E-state index is 0.0431. The molecule has 1 saturated carbocycles. The van der Waals surface area contributed by atoms with E-state index in [1.54, 1.807) is 14.2 Å². The van der Waals surface area contributed by atoms with E-state index in [2.05, 4.69) is 10.3 Å². The Labute approximate surface area is 167 Å². The normalized spacial score (nSPS) is 14.4. The van der Waals surface area contributed by atoms with E-state index >= 15 is 0 Å². The maximum absolute atomic E-state index is 12.3. The van der Waals surface area contributed by atoms with Crippen molar-refractivity contribution in [2.45, 2.75) is 32.1 Å². The van der Waals surface area contributed by atoms with Crippen LogP contribution in [-0.2, 0) is 4.79 Å². The number of thiazole rings is 1. The lowest BCUT2D eigenvalue weighted by Gasteiger charge is -2.09. The van der Waals surface area contributed by atoms with Gasteiger partial charge in [-0.25, -0.2) is 9.97 Å². The van der Waals surface area contributed by atoms with Crippen LogP contribution in [0.25, 0.3) is 22.3 Å². The van der Waals surface area contributed by atoms with Crippen LogP contribution < -0.4 is 14.8 Å². The van der Waals surface area contributed by atoms with Crippen molar-refractivity contribution in [2.24, 2.45) is 5.92 Å². The molecule has 0 radical (unpaired) electrons. The molecular formula is C21H23N3O3S. The van der Waals surface area contributed by atoms with Crippen LogP contribution in [0.3, 0.4) is 0 Å². The largest absolute Gasteiger partial charge is 0.497 e. The van der Waals surface area contributed by atoms with Crippen molar-refractivity contribution in [3.63, 3.8) is 0 Å². The molecule has 0 aliphatic heterocycles. The highest BCUT2D eigenvalue weighted by Crippen LogP contribution is 2.33. The van der Waals surface area contributed by atoms with E-state index in [-0.39, 0.29) is 5.91 Å². The quantitative estimate of drug-likeness (QED) is 0.641. The average molecular weight is 398 g/mol. The summed E-state index contributed by atoms with van der Waals surface area (Å²) < 4.78 is 10.8. The van der Waals surface area contributed by atoms with Crippen LogP contribution in [0.4, 0.5) is 5.13 Å². The number of hydrogen-bond donors (Lipinski definition) is 1. The van der Waals surface area contributed by atoms with Crippen molar-refractivity contribution in [3.8, 4) is 22.9 Å². The van der Waals surface area contributed by atoms with Gasteiger partial charge in [0.1, 0.15) is 17.2 Å². The number of carbonyl (C=O) groups excluding carboxylic acids is 1. The molecule has 1 aromatic carbocycles. The van der Waals surface area contributed by atoms with E-state index in [4.69, 9.17) is 14.5 Å². The van der Waals surface area contributed by atoms with Gasteiger partial charge in [-0.3, -0.25) is 4.79 Å². The van der Waals surface area contributed by atoms with Gasteiger partial charge in [-0.05, 0) is 30.9 Å². The molecule has 2 aromatic heterocycles. The number of anilines is 1. The van der Waals surface area contributed by atoms with Crippen molar-refractivity contribution in [1.82, 2.24) is 9.97 Å². The molecule has 2 heterocycles. The summed E-state index contributed by atoms with van der Waals surface area (Å²) >= 11 is 1.41. The predicted molar refractivity (Wildman–Crippen MR) is 111 cm³/mol. The number of nitrogens with zero attached hydrogens (tertiary/aromatic N) is 2. The van der Waals surface area contributed by atoms with E-state index in [0.717, 1.165) is 35.2 Å².